The van der Waals surface area contributed by atoms with Gasteiger partial charge in [0.15, 0.2) is 0 Å². The molecule has 0 atom stereocenters. The van der Waals surface area contributed by atoms with Gasteiger partial charge in [0.25, 0.3) is 0 Å². The van der Waals surface area contributed by atoms with E-state index in [9.17, 15) is 4.79 Å². The van der Waals surface area contributed by atoms with Gasteiger partial charge < -0.3 is 5.11 Å². The second kappa shape index (κ2) is 5.43. The summed E-state index contributed by atoms with van der Waals surface area (Å²) < 4.78 is 0. The minimum absolute atomic E-state index is 0.258. The second-order valence-corrected chi connectivity index (χ2v) is 7.20. The Kier molecular flexibility index (Phi) is 3.84. The highest BCUT2D eigenvalue weighted by atomic mass is 16.4. The number of carboxylic acid groups (broad SMARTS) is 1. The molecule has 0 aliphatic heterocycles. The van der Waals surface area contributed by atoms with Gasteiger partial charge in [0, 0.05) is 12.6 Å². The van der Waals surface area contributed by atoms with E-state index in [4.69, 9.17) is 5.11 Å². The number of carbonyl (C=O) groups is 1. The third-order valence-corrected chi connectivity index (χ3v) is 5.72. The van der Waals surface area contributed by atoms with Gasteiger partial charge >= 0.3 is 5.97 Å². The maximum atomic E-state index is 11.1. The van der Waals surface area contributed by atoms with E-state index < -0.39 is 5.97 Å². The molecule has 3 rings (SSSR count). The third kappa shape index (κ3) is 3.31. The lowest BCUT2D eigenvalue weighted by molar-refractivity contribution is -0.139. The molecule has 0 unspecified atom stereocenters. The number of rotatable bonds is 5. The first kappa shape index (κ1) is 13.4. The average Bonchev–Trinajstić information content (AvgIpc) is 3.09. The molecule has 1 spiro atoms. The van der Waals surface area contributed by atoms with Crippen molar-refractivity contribution >= 4 is 5.97 Å². The lowest BCUT2D eigenvalue weighted by Crippen LogP contribution is -2.43. The molecule has 3 aliphatic rings. The van der Waals surface area contributed by atoms with Gasteiger partial charge in [-0.2, -0.15) is 0 Å². The number of hydrogen-bond acceptors (Lipinski definition) is 2. The number of carboxylic acids is 1. The molecule has 0 radical (unpaired) electrons. The quantitative estimate of drug-likeness (QED) is 0.829. The van der Waals surface area contributed by atoms with Gasteiger partial charge in [0.05, 0.1) is 6.54 Å². The van der Waals surface area contributed by atoms with Gasteiger partial charge in [-0.05, 0) is 62.7 Å². The van der Waals surface area contributed by atoms with E-state index in [1.165, 1.54) is 64.2 Å². The first-order valence-electron chi connectivity index (χ1n) is 8.13. The highest BCUT2D eigenvalue weighted by Gasteiger charge is 2.39. The number of aliphatic carboxylic acids is 1. The molecule has 0 aromatic rings. The molecule has 0 aromatic heterocycles. The summed E-state index contributed by atoms with van der Waals surface area (Å²) in [4.78, 5) is 13.3. The van der Waals surface area contributed by atoms with Crippen LogP contribution in [-0.4, -0.2) is 35.1 Å². The van der Waals surface area contributed by atoms with Crippen molar-refractivity contribution in [2.24, 2.45) is 11.3 Å². The highest BCUT2D eigenvalue weighted by Crippen LogP contribution is 2.49. The van der Waals surface area contributed by atoms with Gasteiger partial charge in [-0.3, -0.25) is 9.69 Å². The smallest absolute Gasteiger partial charge is 0.317 e. The first-order chi connectivity index (χ1) is 9.17. The van der Waals surface area contributed by atoms with Crippen molar-refractivity contribution in [3.8, 4) is 0 Å². The average molecular weight is 265 g/mol. The molecule has 3 aliphatic carbocycles. The summed E-state index contributed by atoms with van der Waals surface area (Å²) in [6.07, 6.45) is 13.5. The van der Waals surface area contributed by atoms with Crippen LogP contribution in [0.4, 0.5) is 0 Å². The Hall–Kier alpha value is -0.570. The summed E-state index contributed by atoms with van der Waals surface area (Å²) in [5.41, 5.74) is 0.658. The molecular weight excluding hydrogens is 238 g/mol. The molecular formula is C16H27NO2. The van der Waals surface area contributed by atoms with E-state index in [0.29, 0.717) is 11.5 Å². The molecule has 0 amide bonds. The molecule has 0 saturated heterocycles. The molecule has 0 aromatic carbocycles. The van der Waals surface area contributed by atoms with Crippen LogP contribution in [0.15, 0.2) is 0 Å². The fourth-order valence-corrected chi connectivity index (χ4v) is 4.35. The zero-order valence-electron chi connectivity index (χ0n) is 11.9. The Labute approximate surface area is 116 Å². The van der Waals surface area contributed by atoms with E-state index in [1.807, 2.05) is 0 Å². The molecule has 3 saturated carbocycles. The number of hydrogen-bond donors (Lipinski definition) is 1. The van der Waals surface area contributed by atoms with Gasteiger partial charge in [-0.25, -0.2) is 0 Å². The van der Waals surface area contributed by atoms with Crippen LogP contribution in [0.2, 0.25) is 0 Å². The van der Waals surface area contributed by atoms with Gasteiger partial charge in [-0.15, -0.1) is 0 Å². The second-order valence-electron chi connectivity index (χ2n) is 7.20. The maximum absolute atomic E-state index is 11.1. The standard InChI is InChI=1S/C16H27NO2/c18-15(19)12-17(11-13-3-4-13)14-5-9-16(10-6-14)7-1-2-8-16/h13-14H,1-12H2,(H,18,19). The summed E-state index contributed by atoms with van der Waals surface area (Å²) >= 11 is 0. The Morgan fingerprint density at radius 2 is 1.68 bits per heavy atom. The fraction of sp³-hybridized carbons (Fsp3) is 0.938. The molecule has 3 heteroatoms. The zero-order chi connectivity index (χ0) is 13.3. The molecule has 3 nitrogen and oxygen atoms in total. The lowest BCUT2D eigenvalue weighted by Gasteiger charge is -2.41. The summed E-state index contributed by atoms with van der Waals surface area (Å²) in [5.74, 6) is 0.142. The van der Waals surface area contributed by atoms with Crippen LogP contribution >= 0.6 is 0 Å². The van der Waals surface area contributed by atoms with Gasteiger partial charge in [-0.1, -0.05) is 12.8 Å². The van der Waals surface area contributed by atoms with Crippen molar-refractivity contribution in [2.75, 3.05) is 13.1 Å². The minimum atomic E-state index is -0.651. The van der Waals surface area contributed by atoms with Crippen LogP contribution in [0.25, 0.3) is 0 Å². The van der Waals surface area contributed by atoms with E-state index in [-0.39, 0.29) is 6.54 Å². The molecule has 1 N–H and O–H groups in total. The molecule has 19 heavy (non-hydrogen) atoms. The maximum Gasteiger partial charge on any atom is 0.317 e. The van der Waals surface area contributed by atoms with Crippen molar-refractivity contribution in [1.82, 2.24) is 4.90 Å². The SMILES string of the molecule is O=C(O)CN(CC1CC1)C1CCC2(CCCC2)CC1. The van der Waals surface area contributed by atoms with Crippen molar-refractivity contribution in [2.45, 2.75) is 70.3 Å². The summed E-state index contributed by atoms with van der Waals surface area (Å²) in [6.45, 7) is 1.29. The van der Waals surface area contributed by atoms with Crippen LogP contribution < -0.4 is 0 Å². The largest absolute Gasteiger partial charge is 0.480 e. The molecule has 108 valence electrons. The van der Waals surface area contributed by atoms with Crippen molar-refractivity contribution in [3.05, 3.63) is 0 Å². The summed E-state index contributed by atoms with van der Waals surface area (Å²) in [5, 5.41) is 9.11. The summed E-state index contributed by atoms with van der Waals surface area (Å²) in [6, 6.07) is 0.544. The Morgan fingerprint density at radius 1 is 1.05 bits per heavy atom. The Bertz CT molecular complexity index is 322. The first-order valence-corrected chi connectivity index (χ1v) is 8.13. The Morgan fingerprint density at radius 3 is 2.21 bits per heavy atom. The van der Waals surface area contributed by atoms with E-state index in [2.05, 4.69) is 4.90 Å². The van der Waals surface area contributed by atoms with Crippen molar-refractivity contribution in [3.63, 3.8) is 0 Å². The Balaban J connectivity index is 1.55. The van der Waals surface area contributed by atoms with Crippen LogP contribution in [0.3, 0.4) is 0 Å². The lowest BCUT2D eigenvalue weighted by atomic mass is 9.71. The van der Waals surface area contributed by atoms with Gasteiger partial charge in [0.2, 0.25) is 0 Å². The monoisotopic (exact) mass is 265 g/mol. The van der Waals surface area contributed by atoms with Crippen molar-refractivity contribution < 1.29 is 9.90 Å². The zero-order valence-corrected chi connectivity index (χ0v) is 11.9. The van der Waals surface area contributed by atoms with Crippen LogP contribution in [-0.2, 0) is 4.79 Å². The highest BCUT2D eigenvalue weighted by molar-refractivity contribution is 5.69. The van der Waals surface area contributed by atoms with E-state index in [1.54, 1.807) is 0 Å². The molecule has 0 bridgehead atoms. The normalized spacial score (nSPS) is 27.2. The minimum Gasteiger partial charge on any atom is -0.480 e. The summed E-state index contributed by atoms with van der Waals surface area (Å²) in [7, 11) is 0. The van der Waals surface area contributed by atoms with Gasteiger partial charge in [0.1, 0.15) is 0 Å². The van der Waals surface area contributed by atoms with Crippen LogP contribution in [0.5, 0.6) is 0 Å². The van der Waals surface area contributed by atoms with Crippen molar-refractivity contribution in [1.29, 1.82) is 0 Å². The molecule has 0 heterocycles. The van der Waals surface area contributed by atoms with Crippen LogP contribution in [0.1, 0.15) is 64.2 Å². The predicted molar refractivity (Wildman–Crippen MR) is 75.1 cm³/mol. The van der Waals surface area contributed by atoms with E-state index >= 15 is 0 Å². The fourth-order valence-electron chi connectivity index (χ4n) is 4.35. The van der Waals surface area contributed by atoms with Crippen LogP contribution in [0, 0.1) is 11.3 Å². The predicted octanol–water partition coefficient (Wildman–Crippen LogP) is 3.29. The topological polar surface area (TPSA) is 40.5 Å². The third-order valence-electron chi connectivity index (χ3n) is 5.72. The number of nitrogens with zero attached hydrogens (tertiary/aromatic N) is 1. The molecule has 3 fully saturated rings. The van der Waals surface area contributed by atoms with E-state index in [0.717, 1.165) is 12.5 Å².